The summed E-state index contributed by atoms with van der Waals surface area (Å²) in [7, 11) is 0. The van der Waals surface area contributed by atoms with Crippen LogP contribution in [-0.2, 0) is 25.5 Å². The van der Waals surface area contributed by atoms with Crippen molar-refractivity contribution in [3.05, 3.63) is 35.4 Å². The van der Waals surface area contributed by atoms with E-state index in [0.29, 0.717) is 6.42 Å². The maximum absolute atomic E-state index is 11.8. The molecule has 1 atom stereocenters. The largest absolute Gasteiger partial charge is 0.466 e. The molecule has 1 rings (SSSR count). The first-order valence-electron chi connectivity index (χ1n) is 7.22. The Morgan fingerprint density at radius 2 is 2.00 bits per heavy atom. The second-order valence-corrected chi connectivity index (χ2v) is 5.02. The van der Waals surface area contributed by atoms with Crippen LogP contribution in [0.25, 0.3) is 0 Å². The molecule has 0 aromatic heterocycles. The molecular weight excluding hydrogens is 284 g/mol. The lowest BCUT2D eigenvalue weighted by Crippen LogP contribution is -2.45. The van der Waals surface area contributed by atoms with Crippen LogP contribution in [0.4, 0.5) is 0 Å². The number of amides is 2. The minimum atomic E-state index is -0.795. The quantitative estimate of drug-likeness (QED) is 0.696. The van der Waals surface area contributed by atoms with Gasteiger partial charge in [-0.1, -0.05) is 29.8 Å². The molecular formula is C16H22N2O4. The zero-order valence-electron chi connectivity index (χ0n) is 12.9. The average molecular weight is 306 g/mol. The van der Waals surface area contributed by atoms with E-state index in [1.807, 2.05) is 31.2 Å². The molecule has 3 N–H and O–H groups in total. The lowest BCUT2D eigenvalue weighted by molar-refractivity contribution is -0.144. The second-order valence-electron chi connectivity index (χ2n) is 5.02. The Kier molecular flexibility index (Phi) is 7.08. The fourth-order valence-electron chi connectivity index (χ4n) is 2.01. The number of ether oxygens (including phenoxy) is 1. The number of nitrogens with two attached hydrogens (primary N) is 1. The Morgan fingerprint density at radius 3 is 2.59 bits per heavy atom. The Labute approximate surface area is 130 Å². The van der Waals surface area contributed by atoms with Gasteiger partial charge in [0, 0.05) is 12.8 Å². The fraction of sp³-hybridized carbons (Fsp3) is 0.438. The highest BCUT2D eigenvalue weighted by atomic mass is 16.5. The van der Waals surface area contributed by atoms with Crippen molar-refractivity contribution in [2.45, 2.75) is 39.2 Å². The number of esters is 1. The highest BCUT2D eigenvalue weighted by molar-refractivity contribution is 5.88. The molecule has 22 heavy (non-hydrogen) atoms. The lowest BCUT2D eigenvalue weighted by atomic mass is 10.0. The van der Waals surface area contributed by atoms with Crippen LogP contribution in [0.5, 0.6) is 0 Å². The first-order valence-corrected chi connectivity index (χ1v) is 7.22. The van der Waals surface area contributed by atoms with Crippen LogP contribution in [0, 0.1) is 6.92 Å². The summed E-state index contributed by atoms with van der Waals surface area (Å²) in [4.78, 5) is 34.5. The van der Waals surface area contributed by atoms with E-state index in [-0.39, 0.29) is 19.4 Å². The van der Waals surface area contributed by atoms with Crippen LogP contribution in [0.2, 0.25) is 0 Å². The minimum Gasteiger partial charge on any atom is -0.466 e. The molecule has 6 nitrogen and oxygen atoms in total. The molecule has 0 saturated heterocycles. The van der Waals surface area contributed by atoms with Gasteiger partial charge in [-0.2, -0.15) is 0 Å². The maximum atomic E-state index is 11.8. The van der Waals surface area contributed by atoms with Gasteiger partial charge in [-0.15, -0.1) is 0 Å². The molecule has 2 amide bonds. The van der Waals surface area contributed by atoms with Gasteiger partial charge >= 0.3 is 5.97 Å². The lowest BCUT2D eigenvalue weighted by Gasteiger charge is -2.15. The summed E-state index contributed by atoms with van der Waals surface area (Å²) in [5.41, 5.74) is 7.31. The molecule has 1 aromatic rings. The van der Waals surface area contributed by atoms with Gasteiger partial charge in [-0.3, -0.25) is 14.4 Å². The number of aryl methyl sites for hydroxylation is 1. The zero-order chi connectivity index (χ0) is 16.5. The average Bonchev–Trinajstić information content (AvgIpc) is 2.45. The number of benzene rings is 1. The summed E-state index contributed by atoms with van der Waals surface area (Å²) < 4.78 is 4.74. The molecule has 6 heteroatoms. The monoisotopic (exact) mass is 306 g/mol. The SMILES string of the molecule is CCOC(=O)CCC(=O)N[C@H](Cc1cccc(C)c1)C(N)=O. The van der Waals surface area contributed by atoms with Gasteiger partial charge in [0.25, 0.3) is 0 Å². The molecule has 0 saturated carbocycles. The Hall–Kier alpha value is -2.37. The summed E-state index contributed by atoms with van der Waals surface area (Å²) in [5, 5.41) is 2.56. The molecule has 1 aromatic carbocycles. The number of nitrogens with one attached hydrogen (secondary N) is 1. The third kappa shape index (κ3) is 6.39. The van der Waals surface area contributed by atoms with Crippen molar-refractivity contribution >= 4 is 17.8 Å². The number of carbonyl (C=O) groups is 3. The summed E-state index contributed by atoms with van der Waals surface area (Å²) in [6, 6.07) is 6.83. The Balaban J connectivity index is 2.55. The van der Waals surface area contributed by atoms with E-state index in [9.17, 15) is 14.4 Å². The van der Waals surface area contributed by atoms with Gasteiger partial charge in [-0.05, 0) is 19.4 Å². The van der Waals surface area contributed by atoms with Gasteiger partial charge < -0.3 is 15.8 Å². The molecule has 120 valence electrons. The third-order valence-corrected chi connectivity index (χ3v) is 3.06. The van der Waals surface area contributed by atoms with E-state index in [0.717, 1.165) is 11.1 Å². The van der Waals surface area contributed by atoms with Crippen LogP contribution >= 0.6 is 0 Å². The van der Waals surface area contributed by atoms with Gasteiger partial charge in [0.05, 0.1) is 13.0 Å². The first kappa shape index (κ1) is 17.7. The van der Waals surface area contributed by atoms with E-state index in [1.165, 1.54) is 0 Å². The minimum absolute atomic E-state index is 0.0183. The molecule has 0 heterocycles. The van der Waals surface area contributed by atoms with Crippen LogP contribution in [-0.4, -0.2) is 30.4 Å². The molecule has 0 aliphatic rings. The van der Waals surface area contributed by atoms with E-state index >= 15 is 0 Å². The molecule has 0 radical (unpaired) electrons. The van der Waals surface area contributed by atoms with Crippen molar-refractivity contribution < 1.29 is 19.1 Å². The van der Waals surface area contributed by atoms with Crippen molar-refractivity contribution in [3.63, 3.8) is 0 Å². The normalized spacial score (nSPS) is 11.5. The molecule has 0 fully saturated rings. The van der Waals surface area contributed by atoms with Crippen LogP contribution < -0.4 is 11.1 Å². The molecule has 0 spiro atoms. The van der Waals surface area contributed by atoms with E-state index in [1.54, 1.807) is 6.92 Å². The predicted molar refractivity (Wildman–Crippen MR) is 81.9 cm³/mol. The van der Waals surface area contributed by atoms with Crippen LogP contribution in [0.1, 0.15) is 30.9 Å². The molecule has 0 aliphatic heterocycles. The predicted octanol–water partition coefficient (Wildman–Crippen LogP) is 0.851. The van der Waals surface area contributed by atoms with E-state index in [2.05, 4.69) is 5.32 Å². The fourth-order valence-corrected chi connectivity index (χ4v) is 2.01. The van der Waals surface area contributed by atoms with Crippen molar-refractivity contribution in [2.24, 2.45) is 5.73 Å². The topological polar surface area (TPSA) is 98.5 Å². The van der Waals surface area contributed by atoms with Crippen LogP contribution in [0.3, 0.4) is 0 Å². The number of primary amides is 1. The number of hydrogen-bond acceptors (Lipinski definition) is 4. The summed E-state index contributed by atoms with van der Waals surface area (Å²) in [6.45, 7) is 3.92. The zero-order valence-corrected chi connectivity index (χ0v) is 12.9. The first-order chi connectivity index (χ1) is 10.4. The summed E-state index contributed by atoms with van der Waals surface area (Å²) in [5.74, 6) is -1.44. The van der Waals surface area contributed by atoms with Gasteiger partial charge in [-0.25, -0.2) is 0 Å². The highest BCUT2D eigenvalue weighted by Gasteiger charge is 2.19. The number of hydrogen-bond donors (Lipinski definition) is 2. The van der Waals surface area contributed by atoms with Crippen molar-refractivity contribution in [3.8, 4) is 0 Å². The van der Waals surface area contributed by atoms with Gasteiger partial charge in [0.2, 0.25) is 11.8 Å². The van der Waals surface area contributed by atoms with E-state index < -0.39 is 23.8 Å². The Bertz CT molecular complexity index is 543. The Morgan fingerprint density at radius 1 is 1.27 bits per heavy atom. The second kappa shape index (κ2) is 8.81. The molecule has 0 unspecified atom stereocenters. The molecule has 0 aliphatic carbocycles. The van der Waals surface area contributed by atoms with Crippen molar-refractivity contribution in [2.75, 3.05) is 6.61 Å². The number of rotatable bonds is 8. The molecule has 0 bridgehead atoms. The maximum Gasteiger partial charge on any atom is 0.306 e. The number of carbonyl (C=O) groups excluding carboxylic acids is 3. The summed E-state index contributed by atoms with van der Waals surface area (Å²) >= 11 is 0. The van der Waals surface area contributed by atoms with Gasteiger partial charge in [0.15, 0.2) is 0 Å². The standard InChI is InChI=1S/C16H22N2O4/c1-3-22-15(20)8-7-14(19)18-13(16(17)21)10-12-6-4-5-11(2)9-12/h4-6,9,13H,3,7-8,10H2,1-2H3,(H2,17,21)(H,18,19)/t13-/m1/s1. The smallest absolute Gasteiger partial charge is 0.306 e. The summed E-state index contributed by atoms with van der Waals surface area (Å²) in [6.07, 6.45) is 0.272. The van der Waals surface area contributed by atoms with Crippen LogP contribution in [0.15, 0.2) is 24.3 Å². The van der Waals surface area contributed by atoms with Crippen molar-refractivity contribution in [1.82, 2.24) is 5.32 Å². The third-order valence-electron chi connectivity index (χ3n) is 3.06. The van der Waals surface area contributed by atoms with E-state index in [4.69, 9.17) is 10.5 Å². The highest BCUT2D eigenvalue weighted by Crippen LogP contribution is 2.07. The van der Waals surface area contributed by atoms with Crippen molar-refractivity contribution in [1.29, 1.82) is 0 Å². The van der Waals surface area contributed by atoms with Gasteiger partial charge in [0.1, 0.15) is 6.04 Å².